The van der Waals surface area contributed by atoms with Crippen LogP contribution >= 0.6 is 11.6 Å². The van der Waals surface area contributed by atoms with E-state index in [1.807, 2.05) is 0 Å². The quantitative estimate of drug-likeness (QED) is 0.438. The Morgan fingerprint density at radius 3 is 2.64 bits per heavy atom. The number of carbonyl (C=O) groups is 1. The summed E-state index contributed by atoms with van der Waals surface area (Å²) in [5, 5.41) is -0.502. The van der Waals surface area contributed by atoms with Crippen LogP contribution in [0.1, 0.15) is 17.3 Å². The number of hydrogen-bond acceptors (Lipinski definition) is 5. The zero-order chi connectivity index (χ0) is 10.8. The highest BCUT2D eigenvalue weighted by Crippen LogP contribution is 2.12. The largest absolute Gasteiger partial charge is 0.298 e. The van der Waals surface area contributed by atoms with Gasteiger partial charge >= 0.3 is 0 Å². The van der Waals surface area contributed by atoms with E-state index in [4.69, 9.17) is 11.6 Å². The number of aldehydes is 1. The Bertz CT molecular complexity index is 458. The fourth-order valence-electron chi connectivity index (χ4n) is 0.713. The predicted molar refractivity (Wildman–Crippen MR) is 50.2 cm³/mol. The molecule has 1 heterocycles. The van der Waals surface area contributed by atoms with E-state index < -0.39 is 9.84 Å². The molecule has 0 saturated heterocycles. The van der Waals surface area contributed by atoms with Gasteiger partial charge in [0.05, 0.1) is 11.3 Å². The van der Waals surface area contributed by atoms with Crippen LogP contribution < -0.4 is 0 Å². The summed E-state index contributed by atoms with van der Waals surface area (Å²) < 4.78 is 22.6. The van der Waals surface area contributed by atoms with Crippen LogP contribution in [0.15, 0.2) is 11.4 Å². The van der Waals surface area contributed by atoms with Gasteiger partial charge in [-0.1, -0.05) is 18.5 Å². The molecule has 0 aliphatic rings. The van der Waals surface area contributed by atoms with Crippen LogP contribution in [-0.2, 0) is 9.84 Å². The average molecular weight is 235 g/mol. The Balaban J connectivity index is 3.29. The summed E-state index contributed by atoms with van der Waals surface area (Å²) in [6.07, 6.45) is 1.55. The number of rotatable bonds is 3. The van der Waals surface area contributed by atoms with Gasteiger partial charge in [-0.15, -0.1) is 0 Å². The van der Waals surface area contributed by atoms with Crippen molar-refractivity contribution in [2.45, 2.75) is 12.1 Å². The molecule has 5 nitrogen and oxygen atoms in total. The van der Waals surface area contributed by atoms with Crippen molar-refractivity contribution in [3.63, 3.8) is 0 Å². The molecule has 0 aliphatic carbocycles. The van der Waals surface area contributed by atoms with Crippen LogP contribution in [-0.4, -0.2) is 30.4 Å². The molecule has 7 heteroatoms. The highest BCUT2D eigenvalue weighted by molar-refractivity contribution is 7.91. The maximum absolute atomic E-state index is 11.3. The van der Waals surface area contributed by atoms with E-state index in [0.29, 0.717) is 6.29 Å². The predicted octanol–water partition coefficient (Wildman–Crippen LogP) is 0.736. The van der Waals surface area contributed by atoms with Gasteiger partial charge in [-0.2, -0.15) is 0 Å². The minimum Gasteiger partial charge on any atom is -0.298 e. The van der Waals surface area contributed by atoms with E-state index in [-0.39, 0.29) is 21.6 Å². The number of carbonyl (C=O) groups excluding carboxylic acids is 1. The van der Waals surface area contributed by atoms with Crippen molar-refractivity contribution >= 4 is 27.7 Å². The lowest BCUT2D eigenvalue weighted by atomic mass is 10.4. The van der Waals surface area contributed by atoms with Crippen LogP contribution in [0.5, 0.6) is 0 Å². The highest BCUT2D eigenvalue weighted by Gasteiger charge is 2.16. The van der Waals surface area contributed by atoms with Crippen molar-refractivity contribution in [2.75, 3.05) is 5.75 Å². The molecule has 0 bridgehead atoms. The third-order valence-corrected chi connectivity index (χ3v) is 3.35. The monoisotopic (exact) mass is 234 g/mol. The van der Waals surface area contributed by atoms with Crippen molar-refractivity contribution in [1.29, 1.82) is 0 Å². The van der Waals surface area contributed by atoms with Crippen LogP contribution in [0.4, 0.5) is 0 Å². The van der Waals surface area contributed by atoms with Crippen molar-refractivity contribution in [2.24, 2.45) is 0 Å². The SMILES string of the molecule is CCS(=O)(=O)c1ncc(C=O)c(Cl)n1. The maximum atomic E-state index is 11.3. The van der Waals surface area contributed by atoms with Crippen molar-refractivity contribution in [3.8, 4) is 0 Å². The lowest BCUT2D eigenvalue weighted by molar-refractivity contribution is 0.112. The second kappa shape index (κ2) is 4.02. The second-order valence-corrected chi connectivity index (χ2v) is 4.95. The summed E-state index contributed by atoms with van der Waals surface area (Å²) >= 11 is 5.55. The zero-order valence-corrected chi connectivity index (χ0v) is 8.84. The van der Waals surface area contributed by atoms with Gasteiger partial charge in [0.2, 0.25) is 15.0 Å². The van der Waals surface area contributed by atoms with Gasteiger partial charge < -0.3 is 0 Å². The van der Waals surface area contributed by atoms with E-state index >= 15 is 0 Å². The van der Waals surface area contributed by atoms with Crippen LogP contribution in [0, 0.1) is 0 Å². The summed E-state index contributed by atoms with van der Waals surface area (Å²) in [4.78, 5) is 17.4. The molecule has 76 valence electrons. The summed E-state index contributed by atoms with van der Waals surface area (Å²) in [6.45, 7) is 1.47. The molecule has 1 rings (SSSR count). The Morgan fingerprint density at radius 2 is 2.21 bits per heavy atom. The Kier molecular flexibility index (Phi) is 3.17. The first-order valence-electron chi connectivity index (χ1n) is 3.71. The second-order valence-electron chi connectivity index (χ2n) is 2.42. The number of nitrogens with zero attached hydrogens (tertiary/aromatic N) is 2. The molecule has 14 heavy (non-hydrogen) atoms. The zero-order valence-electron chi connectivity index (χ0n) is 7.27. The average Bonchev–Trinajstić information content (AvgIpc) is 2.17. The molecular formula is C7H7ClN2O3S. The minimum absolute atomic E-state index is 0.0710. The van der Waals surface area contributed by atoms with E-state index in [2.05, 4.69) is 9.97 Å². The molecule has 1 aromatic rings. The van der Waals surface area contributed by atoms with Crippen molar-refractivity contribution in [3.05, 3.63) is 16.9 Å². The van der Waals surface area contributed by atoms with Crippen molar-refractivity contribution in [1.82, 2.24) is 9.97 Å². The first kappa shape index (κ1) is 11.1. The lowest BCUT2D eigenvalue weighted by Crippen LogP contribution is -2.09. The van der Waals surface area contributed by atoms with E-state index in [1.54, 1.807) is 0 Å². The standard InChI is InChI=1S/C7H7ClN2O3S/c1-2-14(12,13)7-9-3-5(4-11)6(8)10-7/h3-4H,2H2,1H3. The lowest BCUT2D eigenvalue weighted by Gasteiger charge is -2.00. The smallest absolute Gasteiger partial charge is 0.248 e. The molecule has 0 aliphatic heterocycles. The molecule has 0 unspecified atom stereocenters. The molecular weight excluding hydrogens is 228 g/mol. The van der Waals surface area contributed by atoms with Gasteiger partial charge in [-0.05, 0) is 0 Å². The summed E-state index contributed by atoms with van der Waals surface area (Å²) in [6, 6.07) is 0. The molecule has 0 saturated carbocycles. The Hall–Kier alpha value is -1.01. The van der Waals surface area contributed by atoms with E-state index in [1.165, 1.54) is 6.92 Å². The minimum atomic E-state index is -3.47. The third kappa shape index (κ3) is 2.08. The first-order chi connectivity index (χ1) is 6.51. The molecule has 1 aromatic heterocycles. The van der Waals surface area contributed by atoms with E-state index in [9.17, 15) is 13.2 Å². The third-order valence-electron chi connectivity index (χ3n) is 1.53. The van der Waals surface area contributed by atoms with Gasteiger partial charge in [0, 0.05) is 6.20 Å². The van der Waals surface area contributed by atoms with Gasteiger partial charge in [-0.3, -0.25) is 4.79 Å². The molecule has 0 radical (unpaired) electrons. The van der Waals surface area contributed by atoms with Crippen LogP contribution in [0.25, 0.3) is 0 Å². The van der Waals surface area contributed by atoms with E-state index in [0.717, 1.165) is 6.20 Å². The fraction of sp³-hybridized carbons (Fsp3) is 0.286. The maximum Gasteiger partial charge on any atom is 0.248 e. The van der Waals surface area contributed by atoms with Gasteiger partial charge in [0.25, 0.3) is 0 Å². The molecule has 0 aromatic carbocycles. The summed E-state index contributed by atoms with van der Waals surface area (Å²) in [5.74, 6) is -0.107. The fourth-order valence-corrected chi connectivity index (χ4v) is 1.64. The molecule has 0 N–H and O–H groups in total. The molecule has 0 fully saturated rings. The Labute approximate surface area is 86.1 Å². The number of aromatic nitrogens is 2. The Morgan fingerprint density at radius 1 is 1.57 bits per heavy atom. The topological polar surface area (TPSA) is 77.0 Å². The normalized spacial score (nSPS) is 11.3. The number of hydrogen-bond donors (Lipinski definition) is 0. The highest BCUT2D eigenvalue weighted by atomic mass is 35.5. The molecule has 0 atom stereocenters. The van der Waals surface area contributed by atoms with Crippen molar-refractivity contribution < 1.29 is 13.2 Å². The van der Waals surface area contributed by atoms with Crippen LogP contribution in [0.2, 0.25) is 5.15 Å². The molecule has 0 amide bonds. The molecule has 0 spiro atoms. The number of sulfone groups is 1. The number of halogens is 1. The van der Waals surface area contributed by atoms with Gasteiger partial charge in [-0.25, -0.2) is 18.4 Å². The van der Waals surface area contributed by atoms with Crippen LogP contribution in [0.3, 0.4) is 0 Å². The summed E-state index contributed by atoms with van der Waals surface area (Å²) in [5.41, 5.74) is 0.0710. The first-order valence-corrected chi connectivity index (χ1v) is 5.74. The van der Waals surface area contributed by atoms with Gasteiger partial charge in [0.15, 0.2) is 6.29 Å². The summed E-state index contributed by atoms with van der Waals surface area (Å²) in [7, 11) is -3.47. The van der Waals surface area contributed by atoms with Gasteiger partial charge in [0.1, 0.15) is 5.15 Å².